The number of sulfonamides is 1. The van der Waals surface area contributed by atoms with Crippen LogP contribution < -0.4 is 10.0 Å². The van der Waals surface area contributed by atoms with Crippen LogP contribution in [-0.4, -0.2) is 34.4 Å². The molecule has 0 saturated carbocycles. The molecule has 3 N–H and O–H groups in total. The fraction of sp³-hybridized carbons (Fsp3) is 0.0455. The summed E-state index contributed by atoms with van der Waals surface area (Å²) in [7, 11) is -4.04. The predicted octanol–water partition coefficient (Wildman–Crippen LogP) is 3.11. The van der Waals surface area contributed by atoms with Gasteiger partial charge in [0.15, 0.2) is 5.82 Å². The van der Waals surface area contributed by atoms with Crippen molar-refractivity contribution < 1.29 is 18.1 Å². The highest BCUT2D eigenvalue weighted by Gasteiger charge is 2.18. The Hall–Kier alpha value is -4.58. The van der Waals surface area contributed by atoms with Crippen molar-refractivity contribution in [3.8, 4) is 11.4 Å². The number of anilines is 1. The number of benzene rings is 3. The fourth-order valence-electron chi connectivity index (χ4n) is 3.02. The summed E-state index contributed by atoms with van der Waals surface area (Å²) in [6.45, 7) is 0.125. The van der Waals surface area contributed by atoms with Crippen LogP contribution in [0.25, 0.3) is 11.4 Å². The Kier molecular flexibility index (Phi) is 6.32. The number of H-pyrrole nitrogens is 1. The third-order valence-electron chi connectivity index (χ3n) is 4.72. The van der Waals surface area contributed by atoms with Gasteiger partial charge in [-0.3, -0.25) is 24.7 Å². The summed E-state index contributed by atoms with van der Waals surface area (Å²) in [4.78, 5) is 26.8. The van der Waals surface area contributed by atoms with E-state index in [2.05, 4.69) is 25.2 Å². The summed E-state index contributed by atoms with van der Waals surface area (Å²) >= 11 is 0. The molecule has 3 aromatic carbocycles. The topological polar surface area (TPSA) is 160 Å². The van der Waals surface area contributed by atoms with Crippen LogP contribution in [0.5, 0.6) is 0 Å². The van der Waals surface area contributed by atoms with Gasteiger partial charge in [-0.1, -0.05) is 36.4 Å². The Morgan fingerprint density at radius 3 is 2.44 bits per heavy atom. The first-order valence-electron chi connectivity index (χ1n) is 9.94. The summed E-state index contributed by atoms with van der Waals surface area (Å²) in [6, 6.07) is 19.9. The molecular weight excluding hydrogens is 460 g/mol. The van der Waals surface area contributed by atoms with Gasteiger partial charge < -0.3 is 5.32 Å². The standard InChI is InChI=1S/C22H18N6O5S/c29-22(23-14-20-24-21(26-25-20)15-5-2-1-3-6-15)16-9-11-17(12-10-16)27-34(32,33)19-8-4-7-18(13-19)28(30)31/h1-13,27H,14H2,(H,23,29)(H,24,25,26). The number of nitro groups is 1. The van der Waals surface area contributed by atoms with Crippen LogP contribution in [0.15, 0.2) is 83.8 Å². The van der Waals surface area contributed by atoms with Crippen LogP contribution in [0.4, 0.5) is 11.4 Å². The summed E-state index contributed by atoms with van der Waals surface area (Å²) in [5.41, 5.74) is 1.02. The molecule has 0 radical (unpaired) electrons. The Morgan fingerprint density at radius 1 is 1.00 bits per heavy atom. The third-order valence-corrected chi connectivity index (χ3v) is 6.10. The number of aromatic amines is 1. The molecule has 0 fully saturated rings. The van der Waals surface area contributed by atoms with Gasteiger partial charge in [0.25, 0.3) is 21.6 Å². The van der Waals surface area contributed by atoms with Gasteiger partial charge in [-0.25, -0.2) is 13.4 Å². The normalized spacial score (nSPS) is 11.1. The first kappa shape index (κ1) is 22.6. The number of nitro benzene ring substituents is 1. The molecule has 0 spiro atoms. The van der Waals surface area contributed by atoms with Gasteiger partial charge in [-0.15, -0.1) is 0 Å². The molecule has 0 bridgehead atoms. The van der Waals surface area contributed by atoms with E-state index in [1.165, 1.54) is 42.5 Å². The van der Waals surface area contributed by atoms with Crippen LogP contribution in [0, 0.1) is 10.1 Å². The van der Waals surface area contributed by atoms with E-state index < -0.39 is 14.9 Å². The maximum atomic E-state index is 12.5. The lowest BCUT2D eigenvalue weighted by Crippen LogP contribution is -2.23. The first-order chi connectivity index (χ1) is 16.3. The highest BCUT2D eigenvalue weighted by atomic mass is 32.2. The number of nitrogens with zero attached hydrogens (tertiary/aromatic N) is 3. The van der Waals surface area contributed by atoms with Gasteiger partial charge in [0.2, 0.25) is 0 Å². The maximum absolute atomic E-state index is 12.5. The van der Waals surface area contributed by atoms with Crippen LogP contribution in [0.3, 0.4) is 0 Å². The quantitative estimate of drug-likeness (QED) is 0.259. The van der Waals surface area contributed by atoms with E-state index in [4.69, 9.17) is 0 Å². The second-order valence-electron chi connectivity index (χ2n) is 7.09. The second-order valence-corrected chi connectivity index (χ2v) is 8.77. The zero-order valence-corrected chi connectivity index (χ0v) is 18.3. The van der Waals surface area contributed by atoms with Gasteiger partial charge in [0.1, 0.15) is 5.82 Å². The summed E-state index contributed by atoms with van der Waals surface area (Å²) in [5.74, 6) is 0.615. The lowest BCUT2D eigenvalue weighted by molar-refractivity contribution is -0.385. The molecule has 0 atom stereocenters. The molecule has 0 aliphatic carbocycles. The monoisotopic (exact) mass is 478 g/mol. The largest absolute Gasteiger partial charge is 0.345 e. The van der Waals surface area contributed by atoms with E-state index >= 15 is 0 Å². The van der Waals surface area contributed by atoms with Crippen molar-refractivity contribution in [2.24, 2.45) is 0 Å². The molecule has 0 aliphatic rings. The van der Waals surface area contributed by atoms with Crippen molar-refractivity contribution in [3.05, 3.63) is 100 Å². The minimum atomic E-state index is -4.04. The SMILES string of the molecule is O=C(NCc1nc(-c2ccccc2)n[nH]1)c1ccc(NS(=O)(=O)c2cccc([N+](=O)[O-])c2)cc1. The zero-order valence-electron chi connectivity index (χ0n) is 17.5. The molecule has 4 rings (SSSR count). The van der Waals surface area contributed by atoms with E-state index in [0.717, 1.165) is 11.6 Å². The third kappa shape index (κ3) is 5.24. The van der Waals surface area contributed by atoms with Gasteiger partial charge in [-0.05, 0) is 30.3 Å². The molecule has 172 valence electrons. The van der Waals surface area contributed by atoms with E-state index in [1.807, 2.05) is 30.3 Å². The predicted molar refractivity (Wildman–Crippen MR) is 123 cm³/mol. The average Bonchev–Trinajstić information content (AvgIpc) is 3.32. The van der Waals surface area contributed by atoms with Crippen molar-refractivity contribution >= 4 is 27.3 Å². The zero-order chi connectivity index (χ0) is 24.1. The van der Waals surface area contributed by atoms with Crippen LogP contribution in [0.2, 0.25) is 0 Å². The Balaban J connectivity index is 1.38. The van der Waals surface area contributed by atoms with Crippen molar-refractivity contribution in [1.82, 2.24) is 20.5 Å². The highest BCUT2D eigenvalue weighted by molar-refractivity contribution is 7.92. The molecule has 12 heteroatoms. The molecule has 0 aliphatic heterocycles. The summed E-state index contributed by atoms with van der Waals surface area (Å²) in [6.07, 6.45) is 0. The van der Waals surface area contributed by atoms with Crippen molar-refractivity contribution in [2.45, 2.75) is 11.4 Å². The molecule has 1 aromatic heterocycles. The lowest BCUT2D eigenvalue weighted by Gasteiger charge is -2.09. The highest BCUT2D eigenvalue weighted by Crippen LogP contribution is 2.21. The number of rotatable bonds is 8. The lowest BCUT2D eigenvalue weighted by atomic mass is 10.2. The second kappa shape index (κ2) is 9.50. The van der Waals surface area contributed by atoms with Crippen molar-refractivity contribution in [2.75, 3.05) is 4.72 Å². The Morgan fingerprint density at radius 2 is 1.74 bits per heavy atom. The van der Waals surface area contributed by atoms with E-state index in [9.17, 15) is 23.3 Å². The number of amides is 1. The minimum Gasteiger partial charge on any atom is -0.345 e. The molecule has 34 heavy (non-hydrogen) atoms. The van der Waals surface area contributed by atoms with E-state index in [1.54, 1.807) is 0 Å². The van der Waals surface area contributed by atoms with Crippen LogP contribution in [-0.2, 0) is 16.6 Å². The van der Waals surface area contributed by atoms with E-state index in [0.29, 0.717) is 17.2 Å². The average molecular weight is 478 g/mol. The maximum Gasteiger partial charge on any atom is 0.270 e. The van der Waals surface area contributed by atoms with Gasteiger partial charge in [0.05, 0.1) is 16.4 Å². The molecule has 0 unspecified atom stereocenters. The van der Waals surface area contributed by atoms with Crippen LogP contribution >= 0.6 is 0 Å². The van der Waals surface area contributed by atoms with Crippen molar-refractivity contribution in [3.63, 3.8) is 0 Å². The summed E-state index contributed by atoms with van der Waals surface area (Å²) < 4.78 is 27.4. The fourth-order valence-corrected chi connectivity index (χ4v) is 4.12. The Labute approximate surface area is 194 Å². The van der Waals surface area contributed by atoms with Crippen molar-refractivity contribution in [1.29, 1.82) is 0 Å². The number of carbonyl (C=O) groups excluding carboxylic acids is 1. The Bertz CT molecular complexity index is 1440. The molecule has 1 heterocycles. The van der Waals surface area contributed by atoms with Gasteiger partial charge in [-0.2, -0.15) is 5.10 Å². The number of hydrogen-bond donors (Lipinski definition) is 3. The minimum absolute atomic E-state index is 0.125. The van der Waals surface area contributed by atoms with Gasteiger partial charge in [0, 0.05) is 28.9 Å². The number of carbonyl (C=O) groups is 1. The van der Waals surface area contributed by atoms with Crippen LogP contribution in [0.1, 0.15) is 16.2 Å². The summed E-state index contributed by atoms with van der Waals surface area (Å²) in [5, 5.41) is 20.5. The molecule has 1 amide bonds. The molecule has 4 aromatic rings. The number of hydrogen-bond acceptors (Lipinski definition) is 7. The smallest absolute Gasteiger partial charge is 0.270 e. The molecular formula is C22H18N6O5S. The number of non-ortho nitro benzene ring substituents is 1. The van der Waals surface area contributed by atoms with Gasteiger partial charge >= 0.3 is 0 Å². The molecule has 11 nitrogen and oxygen atoms in total. The first-order valence-corrected chi connectivity index (χ1v) is 11.4. The molecule has 0 saturated heterocycles. The van der Waals surface area contributed by atoms with E-state index in [-0.39, 0.29) is 28.7 Å². The number of aromatic nitrogens is 3. The number of nitrogens with one attached hydrogen (secondary N) is 3.